The number of H-pyrrole nitrogens is 1. The summed E-state index contributed by atoms with van der Waals surface area (Å²) in [5.41, 5.74) is 6.92. The summed E-state index contributed by atoms with van der Waals surface area (Å²) < 4.78 is 0. The predicted octanol–water partition coefficient (Wildman–Crippen LogP) is 4.34. The highest BCUT2D eigenvalue weighted by Gasteiger charge is 2.35. The van der Waals surface area contributed by atoms with Crippen LogP contribution in [-0.4, -0.2) is 16.1 Å². The molecule has 4 nitrogen and oxygen atoms in total. The van der Waals surface area contributed by atoms with Crippen molar-refractivity contribution in [1.29, 1.82) is 0 Å². The number of rotatable bonds is 3. The summed E-state index contributed by atoms with van der Waals surface area (Å²) in [7, 11) is 0. The first kappa shape index (κ1) is 15.6. The molecule has 0 saturated carbocycles. The second-order valence-corrected chi connectivity index (χ2v) is 6.95. The molecule has 0 radical (unpaired) electrons. The zero-order chi connectivity index (χ0) is 17.6. The Hall–Kier alpha value is -2.88. The van der Waals surface area contributed by atoms with Crippen LogP contribution < -0.4 is 5.32 Å². The van der Waals surface area contributed by atoms with Crippen molar-refractivity contribution < 1.29 is 4.79 Å². The number of hydrogen-bond acceptors (Lipinski definition) is 2. The molecule has 25 heavy (non-hydrogen) atoms. The average molecular weight is 331 g/mol. The Labute approximate surface area is 147 Å². The maximum absolute atomic E-state index is 12.3. The maximum Gasteiger partial charge on any atom is 0.270 e. The Morgan fingerprint density at radius 2 is 1.68 bits per heavy atom. The van der Waals surface area contributed by atoms with Gasteiger partial charge in [-0.2, -0.15) is 5.10 Å². The molecule has 0 fully saturated rings. The molecule has 0 bridgehead atoms. The highest BCUT2D eigenvalue weighted by Crippen LogP contribution is 2.37. The number of aryl methyl sites for hydroxylation is 1. The van der Waals surface area contributed by atoms with Crippen molar-refractivity contribution in [1.82, 2.24) is 15.5 Å². The van der Waals surface area contributed by atoms with Crippen LogP contribution in [0.4, 0.5) is 0 Å². The number of carbonyl (C=O) groups excluding carboxylic acids is 1. The third kappa shape index (κ3) is 2.64. The third-order valence-electron chi connectivity index (χ3n) is 4.86. The van der Waals surface area contributed by atoms with Gasteiger partial charge in [0.1, 0.15) is 5.69 Å². The number of fused-ring (bicyclic) bond motifs is 1. The maximum atomic E-state index is 12.3. The highest BCUT2D eigenvalue weighted by atomic mass is 16.2. The molecule has 2 aromatic carbocycles. The molecule has 0 aliphatic carbocycles. The number of aromatic nitrogens is 2. The molecule has 0 saturated heterocycles. The lowest BCUT2D eigenvalue weighted by Crippen LogP contribution is -2.21. The van der Waals surface area contributed by atoms with Crippen molar-refractivity contribution >= 4 is 5.91 Å². The van der Waals surface area contributed by atoms with E-state index in [0.717, 1.165) is 22.4 Å². The van der Waals surface area contributed by atoms with Crippen molar-refractivity contribution in [2.24, 2.45) is 0 Å². The summed E-state index contributed by atoms with van der Waals surface area (Å²) in [6.07, 6.45) is 0. The van der Waals surface area contributed by atoms with Crippen molar-refractivity contribution in [2.75, 3.05) is 0 Å². The zero-order valence-electron chi connectivity index (χ0n) is 14.6. The van der Waals surface area contributed by atoms with Crippen molar-refractivity contribution in [3.8, 4) is 11.3 Å². The summed E-state index contributed by atoms with van der Waals surface area (Å²) in [6, 6.07) is 16.5. The Morgan fingerprint density at radius 1 is 1.00 bits per heavy atom. The topological polar surface area (TPSA) is 57.8 Å². The van der Waals surface area contributed by atoms with E-state index in [0.29, 0.717) is 11.6 Å². The van der Waals surface area contributed by atoms with Gasteiger partial charge in [0, 0.05) is 11.1 Å². The van der Waals surface area contributed by atoms with E-state index in [1.807, 2.05) is 12.1 Å². The van der Waals surface area contributed by atoms with Gasteiger partial charge in [-0.15, -0.1) is 0 Å². The summed E-state index contributed by atoms with van der Waals surface area (Å²) >= 11 is 0. The van der Waals surface area contributed by atoms with E-state index in [2.05, 4.69) is 72.7 Å². The van der Waals surface area contributed by atoms with Crippen molar-refractivity contribution in [2.45, 2.75) is 32.7 Å². The Kier molecular flexibility index (Phi) is 3.68. The lowest BCUT2D eigenvalue weighted by Gasteiger charge is -2.15. The number of nitrogens with zero attached hydrogens (tertiary/aromatic N) is 1. The number of benzene rings is 2. The van der Waals surface area contributed by atoms with E-state index in [-0.39, 0.29) is 11.9 Å². The van der Waals surface area contributed by atoms with E-state index in [1.54, 1.807) is 0 Å². The van der Waals surface area contributed by atoms with Gasteiger partial charge in [-0.25, -0.2) is 0 Å². The van der Waals surface area contributed by atoms with Gasteiger partial charge in [0.05, 0.1) is 11.7 Å². The van der Waals surface area contributed by atoms with Gasteiger partial charge >= 0.3 is 0 Å². The molecular weight excluding hydrogens is 310 g/mol. The Morgan fingerprint density at radius 3 is 2.32 bits per heavy atom. The van der Waals surface area contributed by atoms with Crippen LogP contribution in [0.5, 0.6) is 0 Å². The zero-order valence-corrected chi connectivity index (χ0v) is 14.6. The van der Waals surface area contributed by atoms with E-state index >= 15 is 0 Å². The monoisotopic (exact) mass is 331 g/mol. The van der Waals surface area contributed by atoms with Crippen LogP contribution in [0.25, 0.3) is 11.3 Å². The molecule has 2 heterocycles. The fourth-order valence-corrected chi connectivity index (χ4v) is 3.34. The number of hydrogen-bond donors (Lipinski definition) is 2. The molecule has 4 heteroatoms. The molecule has 126 valence electrons. The van der Waals surface area contributed by atoms with Gasteiger partial charge < -0.3 is 5.32 Å². The Balaban J connectivity index is 1.78. The lowest BCUT2D eigenvalue weighted by molar-refractivity contribution is 0.0955. The standard InChI is InChI=1S/C21H21N3O/c1-12(2)14-8-10-15(11-9-14)18-17-19(16-6-4-13(3)5-7-16)23-24-20(17)21(25)22-18/h4-12,18H,1-3H3,(H,22,25)(H,23,24)/t18-/m0/s1. The second kappa shape index (κ2) is 5.88. The third-order valence-corrected chi connectivity index (χ3v) is 4.86. The van der Waals surface area contributed by atoms with E-state index < -0.39 is 0 Å². The van der Waals surface area contributed by atoms with E-state index in [4.69, 9.17) is 0 Å². The molecule has 2 N–H and O–H groups in total. The fraction of sp³-hybridized carbons (Fsp3) is 0.238. The minimum absolute atomic E-state index is 0.0983. The summed E-state index contributed by atoms with van der Waals surface area (Å²) in [5, 5.41) is 10.4. The van der Waals surface area contributed by atoms with Crippen LogP contribution in [0.1, 0.15) is 58.5 Å². The molecule has 1 atom stereocenters. The van der Waals surface area contributed by atoms with Crippen LogP contribution in [0, 0.1) is 6.92 Å². The smallest absolute Gasteiger partial charge is 0.270 e. The minimum Gasteiger partial charge on any atom is -0.340 e. The number of carbonyl (C=O) groups is 1. The first-order valence-corrected chi connectivity index (χ1v) is 8.60. The average Bonchev–Trinajstić information content (AvgIpc) is 3.17. The summed E-state index contributed by atoms with van der Waals surface area (Å²) in [4.78, 5) is 12.3. The van der Waals surface area contributed by atoms with Crippen LogP contribution in [0.2, 0.25) is 0 Å². The van der Waals surface area contributed by atoms with E-state index in [9.17, 15) is 4.79 Å². The summed E-state index contributed by atoms with van der Waals surface area (Å²) in [6.45, 7) is 6.41. The quantitative estimate of drug-likeness (QED) is 0.750. The van der Waals surface area contributed by atoms with Crippen molar-refractivity contribution in [3.05, 3.63) is 76.5 Å². The molecule has 1 amide bonds. The van der Waals surface area contributed by atoms with Crippen LogP contribution >= 0.6 is 0 Å². The normalized spacial score (nSPS) is 16.2. The van der Waals surface area contributed by atoms with Gasteiger partial charge in [-0.3, -0.25) is 9.89 Å². The molecule has 1 aliphatic heterocycles. The predicted molar refractivity (Wildman–Crippen MR) is 98.6 cm³/mol. The van der Waals surface area contributed by atoms with Gasteiger partial charge in [-0.1, -0.05) is 67.9 Å². The molecule has 1 aromatic heterocycles. The van der Waals surface area contributed by atoms with Crippen LogP contribution in [-0.2, 0) is 0 Å². The SMILES string of the molecule is Cc1ccc(-c2n[nH]c3c2[C@H](c2ccc(C(C)C)cc2)NC3=O)cc1. The largest absolute Gasteiger partial charge is 0.340 e. The number of amides is 1. The minimum atomic E-state index is -0.168. The summed E-state index contributed by atoms with van der Waals surface area (Å²) in [5.74, 6) is 0.388. The number of aromatic amines is 1. The van der Waals surface area contributed by atoms with Gasteiger partial charge in [-0.05, 0) is 24.0 Å². The fourth-order valence-electron chi connectivity index (χ4n) is 3.34. The second-order valence-electron chi connectivity index (χ2n) is 6.95. The first-order valence-electron chi connectivity index (χ1n) is 8.60. The molecule has 1 aliphatic rings. The van der Waals surface area contributed by atoms with Gasteiger partial charge in [0.15, 0.2) is 0 Å². The first-order chi connectivity index (χ1) is 12.0. The van der Waals surface area contributed by atoms with Crippen LogP contribution in [0.3, 0.4) is 0 Å². The molecular formula is C21H21N3O. The van der Waals surface area contributed by atoms with Gasteiger partial charge in [0.2, 0.25) is 0 Å². The Bertz CT molecular complexity index is 921. The number of nitrogens with one attached hydrogen (secondary N) is 2. The van der Waals surface area contributed by atoms with Crippen molar-refractivity contribution in [3.63, 3.8) is 0 Å². The van der Waals surface area contributed by atoms with Gasteiger partial charge in [0.25, 0.3) is 5.91 Å². The highest BCUT2D eigenvalue weighted by molar-refractivity contribution is 6.00. The molecule has 4 rings (SSSR count). The molecule has 0 spiro atoms. The van der Waals surface area contributed by atoms with E-state index in [1.165, 1.54) is 11.1 Å². The molecule has 3 aromatic rings. The molecule has 0 unspecified atom stereocenters. The van der Waals surface area contributed by atoms with Crippen LogP contribution in [0.15, 0.2) is 48.5 Å². The lowest BCUT2D eigenvalue weighted by atomic mass is 9.94.